The van der Waals surface area contributed by atoms with Gasteiger partial charge in [-0.2, -0.15) is 17.6 Å². The van der Waals surface area contributed by atoms with Crippen LogP contribution in [0, 0.1) is 0 Å². The average molecular weight is 585 g/mol. The second-order valence-electron chi connectivity index (χ2n) is 6.45. The van der Waals surface area contributed by atoms with E-state index in [2.05, 4.69) is 48.0 Å². The fraction of sp³-hybridized carbons (Fsp3) is 0.625. The van der Waals surface area contributed by atoms with Gasteiger partial charge < -0.3 is 9.11 Å². The number of aryl methyl sites for hydroxylation is 4. The van der Waals surface area contributed by atoms with Crippen molar-refractivity contribution in [1.29, 1.82) is 0 Å². The van der Waals surface area contributed by atoms with E-state index in [1.54, 1.807) is 0 Å². The molecule has 2 heterocycles. The molecule has 36 heavy (non-hydrogen) atoms. The zero-order valence-electron chi connectivity index (χ0n) is 19.1. The molecule has 0 saturated heterocycles. The number of rotatable bonds is 6. The van der Waals surface area contributed by atoms with Crippen LogP contribution in [-0.4, -0.2) is 58.4 Å². The first-order chi connectivity index (χ1) is 16.0. The highest BCUT2D eigenvalue weighted by molar-refractivity contribution is 7.87. The minimum Gasteiger partial charge on any atom is -0.743 e. The molecular formula is C16H24F8N4O6S2. The van der Waals surface area contributed by atoms with Crippen molar-refractivity contribution in [3.8, 4) is 0 Å². The van der Waals surface area contributed by atoms with Crippen molar-refractivity contribution in [2.45, 2.75) is 50.3 Å². The largest absolute Gasteiger partial charge is 0.743 e. The number of hydrogen-bond acceptors (Lipinski definition) is 6. The summed E-state index contributed by atoms with van der Waals surface area (Å²) < 4.78 is 154. The number of halogens is 8. The summed E-state index contributed by atoms with van der Waals surface area (Å²) in [7, 11) is -8.43. The summed E-state index contributed by atoms with van der Waals surface area (Å²) in [6, 6.07) is 0. The SMILES string of the molecule is CCn1cc[n+](C)c1.CCn1cc[n+](C)c1.O=S(=O)([O-])C(F)(F)C(F)F.O=S(=O)([O-])C(F)(F)C(F)F. The Kier molecular flexibility index (Phi) is 14.4. The Labute approximate surface area is 201 Å². The van der Waals surface area contributed by atoms with E-state index in [4.69, 9.17) is 0 Å². The van der Waals surface area contributed by atoms with Gasteiger partial charge in [0.05, 0.1) is 27.2 Å². The van der Waals surface area contributed by atoms with Gasteiger partial charge in [-0.1, -0.05) is 0 Å². The highest BCUT2D eigenvalue weighted by Crippen LogP contribution is 2.28. The van der Waals surface area contributed by atoms with E-state index in [1.807, 2.05) is 35.6 Å². The van der Waals surface area contributed by atoms with E-state index >= 15 is 0 Å². The summed E-state index contributed by atoms with van der Waals surface area (Å²) in [5.41, 5.74) is 0. The molecule has 212 valence electrons. The molecule has 2 aromatic heterocycles. The van der Waals surface area contributed by atoms with E-state index in [0.717, 1.165) is 13.1 Å². The smallest absolute Gasteiger partial charge is 0.393 e. The summed E-state index contributed by atoms with van der Waals surface area (Å²) in [4.78, 5) is 0. The normalized spacial score (nSPS) is 12.2. The number of imidazole rings is 2. The van der Waals surface area contributed by atoms with Gasteiger partial charge in [-0.15, -0.1) is 0 Å². The fourth-order valence-electron chi connectivity index (χ4n) is 1.60. The second kappa shape index (κ2) is 14.4. The van der Waals surface area contributed by atoms with Crippen molar-refractivity contribution in [1.82, 2.24) is 9.13 Å². The highest BCUT2D eigenvalue weighted by Gasteiger charge is 2.48. The fourth-order valence-corrected chi connectivity index (χ4v) is 2.03. The molecule has 0 fully saturated rings. The van der Waals surface area contributed by atoms with Gasteiger partial charge in [0.1, 0.15) is 24.8 Å². The van der Waals surface area contributed by atoms with Crippen LogP contribution in [0.4, 0.5) is 35.1 Å². The minimum absolute atomic E-state index is 1.06. The second-order valence-corrected chi connectivity index (χ2v) is 9.36. The van der Waals surface area contributed by atoms with Crippen LogP contribution in [0.25, 0.3) is 0 Å². The summed E-state index contributed by atoms with van der Waals surface area (Å²) in [6.45, 7) is 6.36. The molecule has 10 nitrogen and oxygen atoms in total. The lowest BCUT2D eigenvalue weighted by atomic mass is 10.7. The Balaban J connectivity index is 0. The predicted octanol–water partition coefficient (Wildman–Crippen LogP) is 1.44. The first kappa shape index (κ1) is 35.8. The zero-order chi connectivity index (χ0) is 29.1. The number of hydrogen-bond donors (Lipinski definition) is 0. The van der Waals surface area contributed by atoms with E-state index in [9.17, 15) is 61.1 Å². The molecule has 0 aliphatic heterocycles. The lowest BCUT2D eigenvalue weighted by Gasteiger charge is -2.17. The van der Waals surface area contributed by atoms with Crippen LogP contribution in [0.3, 0.4) is 0 Å². The molecule has 0 spiro atoms. The first-order valence-corrected chi connectivity index (χ1v) is 12.1. The third-order valence-corrected chi connectivity index (χ3v) is 5.24. The third kappa shape index (κ3) is 12.1. The molecule has 0 amide bonds. The van der Waals surface area contributed by atoms with E-state index < -0.39 is 43.6 Å². The third-order valence-electron chi connectivity index (χ3n) is 3.55. The monoisotopic (exact) mass is 584 g/mol. The molecule has 20 heteroatoms. The summed E-state index contributed by atoms with van der Waals surface area (Å²) >= 11 is 0. The van der Waals surface area contributed by atoms with Gasteiger partial charge in [0.15, 0.2) is 20.2 Å². The van der Waals surface area contributed by atoms with Gasteiger partial charge in [0.2, 0.25) is 12.7 Å². The minimum atomic E-state index is -6.23. The Morgan fingerprint density at radius 2 is 0.972 bits per heavy atom. The van der Waals surface area contributed by atoms with Crippen molar-refractivity contribution in [3.63, 3.8) is 0 Å². The lowest BCUT2D eigenvalue weighted by molar-refractivity contribution is -0.671. The van der Waals surface area contributed by atoms with Crippen LogP contribution < -0.4 is 9.13 Å². The van der Waals surface area contributed by atoms with E-state index in [1.165, 1.54) is 0 Å². The Morgan fingerprint density at radius 1 is 0.722 bits per heavy atom. The summed E-state index contributed by atoms with van der Waals surface area (Å²) in [5, 5.41) is -11.0. The molecule has 0 bridgehead atoms. The molecular weight excluding hydrogens is 560 g/mol. The van der Waals surface area contributed by atoms with E-state index in [0.29, 0.717) is 0 Å². The molecule has 0 aliphatic carbocycles. The highest BCUT2D eigenvalue weighted by atomic mass is 32.2. The maximum absolute atomic E-state index is 11.4. The number of nitrogens with zero attached hydrogens (tertiary/aromatic N) is 4. The molecule has 0 aromatic carbocycles. The van der Waals surface area contributed by atoms with Gasteiger partial charge in [-0.25, -0.2) is 52.7 Å². The van der Waals surface area contributed by atoms with Crippen LogP contribution in [0.15, 0.2) is 37.4 Å². The Hall–Kier alpha value is -2.32. The zero-order valence-corrected chi connectivity index (χ0v) is 20.7. The Morgan fingerprint density at radius 3 is 1.03 bits per heavy atom. The van der Waals surface area contributed by atoms with Crippen LogP contribution in [0.1, 0.15) is 13.8 Å². The van der Waals surface area contributed by atoms with Gasteiger partial charge in [-0.3, -0.25) is 0 Å². The quantitative estimate of drug-likeness (QED) is 0.287. The molecule has 0 N–H and O–H groups in total. The van der Waals surface area contributed by atoms with Gasteiger partial charge in [0.25, 0.3) is 0 Å². The van der Waals surface area contributed by atoms with Crippen LogP contribution >= 0.6 is 0 Å². The van der Waals surface area contributed by atoms with Crippen LogP contribution in [0.5, 0.6) is 0 Å². The van der Waals surface area contributed by atoms with Crippen molar-refractivity contribution in [2.75, 3.05) is 0 Å². The van der Waals surface area contributed by atoms with Gasteiger partial charge in [-0.05, 0) is 13.8 Å². The standard InChI is InChI=1S/2C6H11N2.2C2H2F4O3S/c2*1-3-8-5-4-7(2)6-8;2*3-1(4)2(5,6)10(7,8)9/h2*4-6H,3H2,1-2H3;2*1H,(H,7,8,9)/q2*+1;;/p-2. The van der Waals surface area contributed by atoms with Crippen LogP contribution in [-0.2, 0) is 47.4 Å². The molecule has 2 rings (SSSR count). The predicted molar refractivity (Wildman–Crippen MR) is 104 cm³/mol. The van der Waals surface area contributed by atoms with Gasteiger partial charge in [0, 0.05) is 0 Å². The number of alkyl halides is 8. The molecule has 0 atom stereocenters. The molecule has 2 aromatic rings. The van der Waals surface area contributed by atoms with Crippen molar-refractivity contribution < 1.29 is 70.2 Å². The van der Waals surface area contributed by atoms with Crippen LogP contribution in [0.2, 0.25) is 0 Å². The Bertz CT molecular complexity index is 1030. The maximum atomic E-state index is 11.4. The average Bonchev–Trinajstić information content (AvgIpc) is 3.35. The number of aromatic nitrogens is 4. The van der Waals surface area contributed by atoms with E-state index in [-0.39, 0.29) is 0 Å². The molecule has 0 radical (unpaired) electrons. The van der Waals surface area contributed by atoms with Crippen molar-refractivity contribution >= 4 is 20.2 Å². The summed E-state index contributed by atoms with van der Waals surface area (Å²) in [6.07, 6.45) is 3.33. The first-order valence-electron chi connectivity index (χ1n) is 9.29. The lowest BCUT2D eigenvalue weighted by Crippen LogP contribution is -2.36. The van der Waals surface area contributed by atoms with Crippen molar-refractivity contribution in [2.24, 2.45) is 14.1 Å². The molecule has 0 unspecified atom stereocenters. The molecule has 0 saturated carbocycles. The topological polar surface area (TPSA) is 132 Å². The van der Waals surface area contributed by atoms with Gasteiger partial charge >= 0.3 is 23.4 Å². The maximum Gasteiger partial charge on any atom is 0.393 e. The van der Waals surface area contributed by atoms with Crippen molar-refractivity contribution in [3.05, 3.63) is 37.4 Å². The summed E-state index contributed by atoms with van der Waals surface area (Å²) in [5.74, 6) is 0. The molecule has 0 aliphatic rings.